The second kappa shape index (κ2) is 7.40. The highest BCUT2D eigenvalue weighted by molar-refractivity contribution is 6.25. The fourth-order valence-corrected chi connectivity index (χ4v) is 2.47. The third kappa shape index (κ3) is 3.55. The molecule has 1 aliphatic rings. The van der Waals surface area contributed by atoms with E-state index >= 15 is 0 Å². The number of benzene rings is 2. The van der Waals surface area contributed by atoms with Gasteiger partial charge >= 0.3 is 5.71 Å². The molecule has 6 heteroatoms. The third-order valence-electron chi connectivity index (χ3n) is 3.81. The molecule has 0 aromatic heterocycles. The molecule has 2 aromatic rings. The number of aldehydes is 1. The van der Waals surface area contributed by atoms with Crippen LogP contribution in [0.5, 0.6) is 0 Å². The molecule has 1 atom stereocenters. The maximum Gasteiger partial charge on any atom is 0.322 e. The normalized spacial score (nSPS) is 17.0. The molecule has 2 aromatic carbocycles. The lowest BCUT2D eigenvalue weighted by Crippen LogP contribution is -2.35. The van der Waals surface area contributed by atoms with E-state index in [0.29, 0.717) is 28.2 Å². The van der Waals surface area contributed by atoms with E-state index in [0.717, 1.165) is 11.8 Å². The molecule has 1 unspecified atom stereocenters. The Labute approximate surface area is 144 Å². The summed E-state index contributed by atoms with van der Waals surface area (Å²) >= 11 is 0. The van der Waals surface area contributed by atoms with Crippen molar-refractivity contribution in [1.29, 1.82) is 0 Å². The van der Waals surface area contributed by atoms with E-state index in [2.05, 4.69) is 15.0 Å². The standard InChI is InChI=1S/C19H15N5O/c20-18-17(24-23-15-4-2-1-3-5-15)11-10-16(19(18)22-21)14-8-6-13(12-25)7-9-14/h1-12,18H,20H2. The van der Waals surface area contributed by atoms with Gasteiger partial charge in [-0.2, -0.15) is 15.0 Å². The highest BCUT2D eigenvalue weighted by Crippen LogP contribution is 2.25. The smallest absolute Gasteiger partial charge is 0.322 e. The summed E-state index contributed by atoms with van der Waals surface area (Å²) in [5.74, 6) is 0. The van der Waals surface area contributed by atoms with E-state index in [1.54, 1.807) is 36.4 Å². The summed E-state index contributed by atoms with van der Waals surface area (Å²) in [5.41, 5.74) is 19.1. The first-order chi connectivity index (χ1) is 12.2. The summed E-state index contributed by atoms with van der Waals surface area (Å²) in [4.78, 5) is 14.1. The van der Waals surface area contributed by atoms with E-state index < -0.39 is 6.04 Å². The molecule has 0 radical (unpaired) electrons. The molecule has 3 rings (SSSR count). The zero-order valence-electron chi connectivity index (χ0n) is 13.3. The van der Waals surface area contributed by atoms with Crippen molar-refractivity contribution in [2.45, 2.75) is 6.04 Å². The molecule has 0 spiro atoms. The van der Waals surface area contributed by atoms with Crippen LogP contribution in [-0.4, -0.2) is 22.8 Å². The van der Waals surface area contributed by atoms with Crippen molar-refractivity contribution in [3.63, 3.8) is 0 Å². The molecule has 122 valence electrons. The van der Waals surface area contributed by atoms with Crippen molar-refractivity contribution in [3.05, 3.63) is 89.1 Å². The molecule has 0 saturated carbocycles. The van der Waals surface area contributed by atoms with Crippen molar-refractivity contribution in [2.24, 2.45) is 16.0 Å². The number of azo groups is 1. The lowest BCUT2D eigenvalue weighted by atomic mass is 9.90. The third-order valence-corrected chi connectivity index (χ3v) is 3.81. The van der Waals surface area contributed by atoms with Crippen molar-refractivity contribution in [1.82, 2.24) is 0 Å². The number of carbonyl (C=O) groups excluding carboxylic acids is 1. The number of hydrogen-bond donors (Lipinski definition) is 1. The first-order valence-corrected chi connectivity index (χ1v) is 7.65. The summed E-state index contributed by atoms with van der Waals surface area (Å²) in [5, 5.41) is 8.31. The zero-order valence-corrected chi connectivity index (χ0v) is 13.3. The lowest BCUT2D eigenvalue weighted by molar-refractivity contribution is -0.00603. The number of nitrogens with zero attached hydrogens (tertiary/aromatic N) is 4. The molecular formula is C19H15N5O. The van der Waals surface area contributed by atoms with Crippen LogP contribution in [0.2, 0.25) is 0 Å². The Hall–Kier alpha value is -3.47. The summed E-state index contributed by atoms with van der Waals surface area (Å²) in [6.07, 6.45) is 4.29. The Kier molecular flexibility index (Phi) is 4.85. The first kappa shape index (κ1) is 16.4. The molecule has 0 bridgehead atoms. The van der Waals surface area contributed by atoms with Crippen molar-refractivity contribution >= 4 is 23.3 Å². The van der Waals surface area contributed by atoms with Crippen LogP contribution in [0.4, 0.5) is 5.69 Å². The maximum atomic E-state index is 10.8. The highest BCUT2D eigenvalue weighted by atomic mass is 16.1. The Bertz CT molecular complexity index is 920. The molecule has 1 aliphatic carbocycles. The topological polar surface area (TPSA) is 104 Å². The molecule has 0 fully saturated rings. The number of nitrogens with two attached hydrogens (primary N) is 1. The van der Waals surface area contributed by atoms with Crippen LogP contribution < -0.4 is 5.73 Å². The Balaban J connectivity index is 1.94. The van der Waals surface area contributed by atoms with Gasteiger partial charge in [0.05, 0.1) is 17.0 Å². The summed E-state index contributed by atoms with van der Waals surface area (Å²) in [7, 11) is 0. The van der Waals surface area contributed by atoms with Gasteiger partial charge in [0.25, 0.3) is 0 Å². The van der Waals surface area contributed by atoms with Gasteiger partial charge in [0.1, 0.15) is 6.29 Å². The van der Waals surface area contributed by atoms with Crippen LogP contribution in [0.3, 0.4) is 0 Å². The Morgan fingerprint density at radius 1 is 1.00 bits per heavy atom. The maximum absolute atomic E-state index is 10.8. The minimum atomic E-state index is -0.705. The number of allylic oxidation sites excluding steroid dienone is 2. The van der Waals surface area contributed by atoms with Crippen LogP contribution in [0.15, 0.2) is 82.7 Å². The van der Waals surface area contributed by atoms with Crippen LogP contribution in [0, 0.1) is 0 Å². The van der Waals surface area contributed by atoms with E-state index in [1.165, 1.54) is 0 Å². The predicted molar refractivity (Wildman–Crippen MR) is 95.4 cm³/mol. The Morgan fingerprint density at radius 3 is 2.36 bits per heavy atom. The van der Waals surface area contributed by atoms with Crippen LogP contribution in [0.1, 0.15) is 15.9 Å². The molecule has 0 heterocycles. The average Bonchev–Trinajstić information content (AvgIpc) is 2.67. The quantitative estimate of drug-likeness (QED) is 0.526. The van der Waals surface area contributed by atoms with Crippen LogP contribution in [-0.2, 0) is 0 Å². The summed E-state index contributed by atoms with van der Waals surface area (Å²) in [6.45, 7) is 0. The minimum Gasteiger partial charge on any atom is -0.361 e. The van der Waals surface area contributed by atoms with Crippen molar-refractivity contribution < 1.29 is 9.58 Å². The highest BCUT2D eigenvalue weighted by Gasteiger charge is 2.31. The van der Waals surface area contributed by atoms with Gasteiger partial charge < -0.3 is 11.3 Å². The van der Waals surface area contributed by atoms with Crippen LogP contribution >= 0.6 is 0 Å². The first-order valence-electron chi connectivity index (χ1n) is 7.65. The molecule has 0 saturated heterocycles. The van der Waals surface area contributed by atoms with E-state index in [-0.39, 0.29) is 0 Å². The van der Waals surface area contributed by atoms with Crippen molar-refractivity contribution in [2.75, 3.05) is 0 Å². The van der Waals surface area contributed by atoms with E-state index in [4.69, 9.17) is 5.73 Å². The summed E-state index contributed by atoms with van der Waals surface area (Å²) < 4.78 is 0. The second-order valence-electron chi connectivity index (χ2n) is 5.41. The van der Waals surface area contributed by atoms with Crippen LogP contribution in [0.25, 0.3) is 11.1 Å². The van der Waals surface area contributed by atoms with Gasteiger partial charge in [-0.15, -0.1) is 0 Å². The second-order valence-corrected chi connectivity index (χ2v) is 5.41. The monoisotopic (exact) mass is 329 g/mol. The number of hydrogen-bond acceptors (Lipinski definition) is 4. The van der Waals surface area contributed by atoms with Gasteiger partial charge in [-0.05, 0) is 29.8 Å². The minimum absolute atomic E-state index is 0.295. The fraction of sp³-hybridized carbons (Fsp3) is 0.0526. The fourth-order valence-electron chi connectivity index (χ4n) is 2.47. The van der Waals surface area contributed by atoms with Gasteiger partial charge in [0.2, 0.25) is 0 Å². The Morgan fingerprint density at radius 2 is 1.72 bits per heavy atom. The molecule has 0 amide bonds. The number of rotatable bonds is 4. The van der Waals surface area contributed by atoms with Gasteiger partial charge in [-0.25, -0.2) is 0 Å². The van der Waals surface area contributed by atoms with Gasteiger partial charge in [0.15, 0.2) is 6.04 Å². The van der Waals surface area contributed by atoms with Gasteiger partial charge in [0, 0.05) is 5.56 Å². The molecule has 0 aliphatic heterocycles. The predicted octanol–water partition coefficient (Wildman–Crippen LogP) is 3.56. The SMILES string of the molecule is [N-]=[N+]=C1C(c2ccc(C=O)cc2)=CC=C(N=Nc2ccccc2)C1N. The van der Waals surface area contributed by atoms with Crippen molar-refractivity contribution in [3.8, 4) is 0 Å². The molecule has 2 N–H and O–H groups in total. The molecular weight excluding hydrogens is 314 g/mol. The zero-order chi connectivity index (χ0) is 17.6. The summed E-state index contributed by atoms with van der Waals surface area (Å²) in [6, 6.07) is 15.5. The van der Waals surface area contributed by atoms with E-state index in [9.17, 15) is 10.3 Å². The number of carbonyl (C=O) groups is 1. The van der Waals surface area contributed by atoms with E-state index in [1.807, 2.05) is 30.3 Å². The average molecular weight is 329 g/mol. The molecule has 25 heavy (non-hydrogen) atoms. The molecule has 6 nitrogen and oxygen atoms in total. The van der Waals surface area contributed by atoms with Gasteiger partial charge in [-0.3, -0.25) is 4.79 Å². The lowest BCUT2D eigenvalue weighted by Gasteiger charge is -2.14. The van der Waals surface area contributed by atoms with Gasteiger partial charge in [-0.1, -0.05) is 42.5 Å². The largest absolute Gasteiger partial charge is 0.361 e.